The molecule has 34 heavy (non-hydrogen) atoms. The van der Waals surface area contributed by atoms with Crippen LogP contribution in [0.25, 0.3) is 0 Å². The molecule has 5 N–H and O–H groups in total. The lowest BCUT2D eigenvalue weighted by atomic mass is 10.1. The van der Waals surface area contributed by atoms with E-state index in [4.69, 9.17) is 49.7 Å². The zero-order valence-electron chi connectivity index (χ0n) is 19.1. The minimum absolute atomic E-state index is 0.0250. The van der Waals surface area contributed by atoms with Gasteiger partial charge in [0.05, 0.1) is 59.5 Å². The minimum atomic E-state index is -5.47. The Labute approximate surface area is 199 Å². The molecule has 0 heterocycles. The normalized spacial score (nSPS) is 12.6. The van der Waals surface area contributed by atoms with Gasteiger partial charge in [0.1, 0.15) is 12.4 Å². The number of rotatable bonds is 23. The Hall–Kier alpha value is -0.710. The van der Waals surface area contributed by atoms with E-state index in [-0.39, 0.29) is 51.3 Å². The van der Waals surface area contributed by atoms with Crippen LogP contribution in [0.5, 0.6) is 0 Å². The highest BCUT2D eigenvalue weighted by Crippen LogP contribution is 2.69. The molecule has 0 saturated heterocycles. The molecule has 0 spiro atoms. The van der Waals surface area contributed by atoms with Crippen molar-refractivity contribution in [3.63, 3.8) is 0 Å². The molecule has 0 fully saturated rings. The van der Waals surface area contributed by atoms with E-state index in [0.717, 1.165) is 0 Å². The molecule has 0 saturated carbocycles. The molecule has 15 heteroatoms. The lowest BCUT2D eigenvalue weighted by Crippen LogP contribution is -2.28. The number of carbonyl (C=O) groups excluding carboxylic acids is 1. The number of ether oxygens (including phenoxy) is 5. The Kier molecular flexibility index (Phi) is 18.2. The smallest absolute Gasteiger partial charge is 0.369 e. The zero-order valence-corrected chi connectivity index (χ0v) is 20.9. The summed E-state index contributed by atoms with van der Waals surface area (Å²) < 4.78 is 48.7. The molecule has 0 atom stereocenters. The number of hydrogen-bond donors (Lipinski definition) is 5. The maximum Gasteiger partial charge on any atom is 0.369 e. The third-order valence-electron chi connectivity index (χ3n) is 4.35. The number of aliphatic hydroxyl groups is 1. The van der Waals surface area contributed by atoms with E-state index in [1.54, 1.807) is 0 Å². The highest BCUT2D eigenvalue weighted by molar-refractivity contribution is 7.72. The van der Waals surface area contributed by atoms with E-state index in [0.29, 0.717) is 46.2 Å². The molecule has 0 amide bonds. The number of hydrogen-bond acceptors (Lipinski definition) is 9. The molecule has 0 rings (SSSR count). The largest absolute Gasteiger partial charge is 0.379 e. The summed E-state index contributed by atoms with van der Waals surface area (Å²) in [6, 6.07) is 0. The number of ketones is 1. The summed E-state index contributed by atoms with van der Waals surface area (Å²) in [5.41, 5.74) is 0. The van der Waals surface area contributed by atoms with Gasteiger partial charge in [-0.1, -0.05) is 5.92 Å². The molecule has 200 valence electrons. The van der Waals surface area contributed by atoms with Crippen molar-refractivity contribution in [2.75, 3.05) is 66.1 Å². The van der Waals surface area contributed by atoms with Gasteiger partial charge in [0.25, 0.3) is 5.08 Å². The molecule has 0 bridgehead atoms. The summed E-state index contributed by atoms with van der Waals surface area (Å²) in [5, 5.41) is 6.30. The molecule has 0 aromatic heterocycles. The summed E-state index contributed by atoms with van der Waals surface area (Å²) in [7, 11) is -10.9. The van der Waals surface area contributed by atoms with Gasteiger partial charge in [-0.05, 0) is 19.3 Å². The van der Waals surface area contributed by atoms with Crippen LogP contribution in [0.1, 0.15) is 32.1 Å². The number of Topliss-reactive ketones (excluding diaryl/α,β-unsaturated/α-hetero) is 1. The Morgan fingerprint density at radius 3 is 1.53 bits per heavy atom. The highest BCUT2D eigenvalue weighted by Gasteiger charge is 2.58. The van der Waals surface area contributed by atoms with Crippen LogP contribution in [0.3, 0.4) is 0 Å². The van der Waals surface area contributed by atoms with Crippen LogP contribution in [-0.4, -0.2) is 102 Å². The van der Waals surface area contributed by atoms with E-state index < -0.39 is 26.7 Å². The molecule has 0 unspecified atom stereocenters. The summed E-state index contributed by atoms with van der Waals surface area (Å²) in [6.07, 6.45) is 4.29. The molecule has 0 radical (unpaired) electrons. The third kappa shape index (κ3) is 15.3. The minimum Gasteiger partial charge on any atom is -0.379 e. The SMILES string of the molecule is C#CCOCCOCCOCCOCCOCCC(=O)CCCCC(O)(P(=O)(O)O)P(=O)(O)O. The van der Waals surface area contributed by atoms with E-state index in [1.165, 1.54) is 0 Å². The highest BCUT2D eigenvalue weighted by atomic mass is 31.2. The van der Waals surface area contributed by atoms with Gasteiger partial charge < -0.3 is 48.4 Å². The Balaban J connectivity index is 3.60. The van der Waals surface area contributed by atoms with Crippen LogP contribution in [-0.2, 0) is 37.6 Å². The molecule has 13 nitrogen and oxygen atoms in total. The predicted molar refractivity (Wildman–Crippen MR) is 120 cm³/mol. The second-order valence-electron chi connectivity index (χ2n) is 7.06. The van der Waals surface area contributed by atoms with Crippen molar-refractivity contribution in [3.05, 3.63) is 0 Å². The van der Waals surface area contributed by atoms with E-state index >= 15 is 0 Å². The maximum atomic E-state index is 11.8. The fourth-order valence-electron chi connectivity index (χ4n) is 2.47. The zero-order chi connectivity index (χ0) is 25.9. The quantitative estimate of drug-likeness (QED) is 0.0678. The number of unbranched alkanes of at least 4 members (excludes halogenated alkanes) is 1. The van der Waals surface area contributed by atoms with Gasteiger partial charge in [0, 0.05) is 12.8 Å². The number of carbonyl (C=O) groups is 1. The molecule has 0 aliphatic carbocycles. The summed E-state index contributed by atoms with van der Waals surface area (Å²) >= 11 is 0. The first kappa shape index (κ1) is 33.3. The monoisotopic (exact) mass is 534 g/mol. The van der Waals surface area contributed by atoms with E-state index in [9.17, 15) is 19.0 Å². The lowest BCUT2D eigenvalue weighted by Gasteiger charge is -2.29. The average molecular weight is 534 g/mol. The van der Waals surface area contributed by atoms with Crippen LogP contribution in [0.4, 0.5) is 0 Å². The average Bonchev–Trinajstić information content (AvgIpc) is 2.74. The van der Waals surface area contributed by atoms with Gasteiger partial charge >= 0.3 is 15.2 Å². The summed E-state index contributed by atoms with van der Waals surface area (Å²) in [4.78, 5) is 48.0. The molecular weight excluding hydrogens is 498 g/mol. The van der Waals surface area contributed by atoms with Gasteiger partial charge in [-0.2, -0.15) is 0 Å². The topological polar surface area (TPSA) is 199 Å². The molecule has 0 aromatic carbocycles. The first-order valence-corrected chi connectivity index (χ1v) is 13.9. The summed E-state index contributed by atoms with van der Waals surface area (Å²) in [6.45, 7) is 3.54. The van der Waals surface area contributed by atoms with Gasteiger partial charge in [-0.25, -0.2) is 0 Å². The molecule has 0 aliphatic rings. The van der Waals surface area contributed by atoms with E-state index in [1.807, 2.05) is 0 Å². The van der Waals surface area contributed by atoms with Crippen molar-refractivity contribution in [1.29, 1.82) is 0 Å². The van der Waals surface area contributed by atoms with Crippen molar-refractivity contribution in [2.45, 2.75) is 37.2 Å². The molecular formula is C19H36O13P2. The Morgan fingerprint density at radius 2 is 1.12 bits per heavy atom. The fourth-order valence-corrected chi connectivity index (χ4v) is 4.72. The van der Waals surface area contributed by atoms with Gasteiger partial charge in [-0.15, -0.1) is 6.42 Å². The molecule has 0 aromatic rings. The maximum absolute atomic E-state index is 11.8. The Morgan fingerprint density at radius 1 is 0.706 bits per heavy atom. The van der Waals surface area contributed by atoms with Crippen molar-refractivity contribution < 1.29 is 62.3 Å². The Bertz CT molecular complexity index is 660. The first-order chi connectivity index (χ1) is 16.0. The van der Waals surface area contributed by atoms with Crippen LogP contribution in [0.2, 0.25) is 0 Å². The van der Waals surface area contributed by atoms with Crippen LogP contribution >= 0.6 is 15.2 Å². The lowest BCUT2D eigenvalue weighted by molar-refractivity contribution is -0.120. The third-order valence-corrected chi connectivity index (χ3v) is 8.23. The van der Waals surface area contributed by atoms with Crippen LogP contribution < -0.4 is 0 Å². The van der Waals surface area contributed by atoms with Crippen LogP contribution in [0, 0.1) is 12.3 Å². The number of terminal acetylenes is 1. The second kappa shape index (κ2) is 18.5. The van der Waals surface area contributed by atoms with Crippen LogP contribution in [0.15, 0.2) is 0 Å². The van der Waals surface area contributed by atoms with E-state index in [2.05, 4.69) is 5.92 Å². The second-order valence-corrected chi connectivity index (χ2v) is 11.1. The van der Waals surface area contributed by atoms with Crippen molar-refractivity contribution >= 4 is 21.0 Å². The fraction of sp³-hybridized carbons (Fsp3) is 0.842. The van der Waals surface area contributed by atoms with Gasteiger partial charge in [-0.3, -0.25) is 13.9 Å². The first-order valence-electron chi connectivity index (χ1n) is 10.6. The summed E-state index contributed by atoms with van der Waals surface area (Å²) in [5.74, 6) is 2.17. The van der Waals surface area contributed by atoms with Crippen molar-refractivity contribution in [2.24, 2.45) is 0 Å². The standard InChI is InChI=1S/C19H36O13P2/c1-2-8-28-10-12-30-14-16-32-17-15-31-13-11-29-9-6-18(20)5-3-4-7-19(21,33(22,23)24)34(25,26)27/h1,21H,3-17H2,(H2,22,23,24)(H2,25,26,27). The van der Waals surface area contributed by atoms with Crippen molar-refractivity contribution in [3.8, 4) is 12.3 Å². The van der Waals surface area contributed by atoms with Gasteiger partial charge in [0.2, 0.25) is 0 Å². The molecule has 0 aliphatic heterocycles. The van der Waals surface area contributed by atoms with Crippen molar-refractivity contribution in [1.82, 2.24) is 0 Å². The predicted octanol–water partition coefficient (Wildman–Crippen LogP) is 0.224. The van der Waals surface area contributed by atoms with Gasteiger partial charge in [0.15, 0.2) is 0 Å².